The van der Waals surface area contributed by atoms with Crippen LogP contribution in [0.2, 0.25) is 0 Å². The Kier molecular flexibility index (Phi) is 3.61. The molecule has 1 fully saturated rings. The summed E-state index contributed by atoms with van der Waals surface area (Å²) in [6.45, 7) is 0. The van der Waals surface area contributed by atoms with Crippen LogP contribution < -0.4 is 10.1 Å². The second-order valence-corrected chi connectivity index (χ2v) is 6.77. The molecular formula is C18H16N2O3S. The maximum absolute atomic E-state index is 12.7. The van der Waals surface area contributed by atoms with E-state index in [2.05, 4.69) is 10.5 Å². The zero-order chi connectivity index (χ0) is 16.6. The minimum absolute atomic E-state index is 0.0429. The fourth-order valence-corrected chi connectivity index (χ4v) is 3.36. The number of amides is 1. The Morgan fingerprint density at radius 1 is 1.29 bits per heavy atom. The SMILES string of the molecule is COc1ccc(NC(=O)C2(c3cc(-c4cccs4)on3)CC2)cc1. The molecule has 5 nitrogen and oxygen atoms in total. The molecule has 1 amide bonds. The lowest BCUT2D eigenvalue weighted by molar-refractivity contribution is -0.118. The second kappa shape index (κ2) is 5.79. The van der Waals surface area contributed by atoms with Gasteiger partial charge in [0, 0.05) is 11.8 Å². The summed E-state index contributed by atoms with van der Waals surface area (Å²) in [6, 6.07) is 13.1. The molecule has 1 aliphatic rings. The van der Waals surface area contributed by atoms with Crippen molar-refractivity contribution in [2.45, 2.75) is 18.3 Å². The van der Waals surface area contributed by atoms with Crippen molar-refractivity contribution < 1.29 is 14.1 Å². The first kappa shape index (κ1) is 15.0. The van der Waals surface area contributed by atoms with E-state index in [1.165, 1.54) is 0 Å². The lowest BCUT2D eigenvalue weighted by Gasteiger charge is -2.12. The van der Waals surface area contributed by atoms with Crippen LogP contribution in [0.3, 0.4) is 0 Å². The number of nitrogens with zero attached hydrogens (tertiary/aromatic N) is 1. The highest BCUT2D eigenvalue weighted by atomic mass is 32.1. The first-order valence-corrected chi connectivity index (χ1v) is 8.56. The fourth-order valence-electron chi connectivity index (χ4n) is 2.69. The van der Waals surface area contributed by atoms with Crippen LogP contribution in [0.5, 0.6) is 5.75 Å². The van der Waals surface area contributed by atoms with Crippen molar-refractivity contribution in [3.8, 4) is 16.4 Å². The molecule has 0 radical (unpaired) electrons. The molecule has 4 rings (SSSR count). The largest absolute Gasteiger partial charge is 0.497 e. The van der Waals surface area contributed by atoms with E-state index in [1.54, 1.807) is 18.4 Å². The Labute approximate surface area is 143 Å². The zero-order valence-corrected chi connectivity index (χ0v) is 13.9. The highest BCUT2D eigenvalue weighted by Gasteiger charge is 2.53. The molecule has 1 N–H and O–H groups in total. The van der Waals surface area contributed by atoms with E-state index in [1.807, 2.05) is 47.8 Å². The number of rotatable bonds is 5. The van der Waals surface area contributed by atoms with Gasteiger partial charge in [-0.05, 0) is 48.6 Å². The lowest BCUT2D eigenvalue weighted by Crippen LogP contribution is -2.28. The number of carbonyl (C=O) groups is 1. The van der Waals surface area contributed by atoms with Gasteiger partial charge in [-0.2, -0.15) is 0 Å². The maximum atomic E-state index is 12.7. The van der Waals surface area contributed by atoms with Gasteiger partial charge in [-0.25, -0.2) is 0 Å². The van der Waals surface area contributed by atoms with E-state index in [-0.39, 0.29) is 5.91 Å². The Morgan fingerprint density at radius 3 is 2.71 bits per heavy atom. The minimum atomic E-state index is -0.570. The van der Waals surface area contributed by atoms with Crippen molar-refractivity contribution in [3.63, 3.8) is 0 Å². The van der Waals surface area contributed by atoms with Crippen LogP contribution in [-0.2, 0) is 10.2 Å². The molecule has 6 heteroatoms. The molecule has 0 unspecified atom stereocenters. The summed E-state index contributed by atoms with van der Waals surface area (Å²) in [4.78, 5) is 13.7. The highest BCUT2D eigenvalue weighted by molar-refractivity contribution is 7.13. The predicted octanol–water partition coefficient (Wildman–Crippen LogP) is 4.08. The third-order valence-electron chi connectivity index (χ3n) is 4.30. The summed E-state index contributed by atoms with van der Waals surface area (Å²) in [5.41, 5.74) is 0.879. The van der Waals surface area contributed by atoms with Crippen molar-refractivity contribution in [3.05, 3.63) is 53.5 Å². The van der Waals surface area contributed by atoms with E-state index in [4.69, 9.17) is 9.26 Å². The number of methoxy groups -OCH3 is 1. The molecule has 2 heterocycles. The Balaban J connectivity index is 1.53. The molecule has 1 aromatic carbocycles. The number of nitrogens with one attached hydrogen (secondary N) is 1. The summed E-state index contributed by atoms with van der Waals surface area (Å²) in [7, 11) is 1.61. The van der Waals surface area contributed by atoms with Crippen LogP contribution in [0.15, 0.2) is 52.4 Å². The Bertz CT molecular complexity index is 849. The molecule has 3 aromatic rings. The van der Waals surface area contributed by atoms with Crippen LogP contribution in [-0.4, -0.2) is 18.2 Å². The van der Waals surface area contributed by atoms with E-state index >= 15 is 0 Å². The van der Waals surface area contributed by atoms with Crippen LogP contribution in [0.1, 0.15) is 18.5 Å². The van der Waals surface area contributed by atoms with Crippen LogP contribution in [0, 0.1) is 0 Å². The molecule has 2 aromatic heterocycles. The van der Waals surface area contributed by atoms with Crippen LogP contribution in [0.25, 0.3) is 10.6 Å². The molecule has 24 heavy (non-hydrogen) atoms. The van der Waals surface area contributed by atoms with Crippen molar-refractivity contribution in [1.29, 1.82) is 0 Å². The molecule has 0 atom stereocenters. The number of thiophene rings is 1. The molecule has 1 aliphatic carbocycles. The number of anilines is 1. The van der Waals surface area contributed by atoms with Gasteiger partial charge in [-0.3, -0.25) is 4.79 Å². The number of benzene rings is 1. The topological polar surface area (TPSA) is 64.4 Å². The van der Waals surface area contributed by atoms with Gasteiger partial charge < -0.3 is 14.6 Å². The average Bonchev–Trinajstić information content (AvgIpc) is 3.02. The molecule has 0 aliphatic heterocycles. The number of carbonyl (C=O) groups excluding carboxylic acids is 1. The molecule has 0 saturated heterocycles. The molecular weight excluding hydrogens is 324 g/mol. The first-order valence-electron chi connectivity index (χ1n) is 7.68. The number of ether oxygens (including phenoxy) is 1. The molecule has 122 valence electrons. The summed E-state index contributed by atoms with van der Waals surface area (Å²) in [5, 5.41) is 9.10. The lowest BCUT2D eigenvalue weighted by atomic mass is 10.0. The number of hydrogen-bond acceptors (Lipinski definition) is 5. The van der Waals surface area contributed by atoms with Gasteiger partial charge in [0.15, 0.2) is 5.76 Å². The van der Waals surface area contributed by atoms with Gasteiger partial charge in [0.1, 0.15) is 5.75 Å². The molecule has 1 saturated carbocycles. The first-order chi connectivity index (χ1) is 11.7. The summed E-state index contributed by atoms with van der Waals surface area (Å²) >= 11 is 1.59. The quantitative estimate of drug-likeness (QED) is 0.760. The predicted molar refractivity (Wildman–Crippen MR) is 92.4 cm³/mol. The van der Waals surface area contributed by atoms with E-state index in [0.29, 0.717) is 11.5 Å². The van der Waals surface area contributed by atoms with E-state index in [9.17, 15) is 4.79 Å². The minimum Gasteiger partial charge on any atom is -0.497 e. The summed E-state index contributed by atoms with van der Waals surface area (Å²) in [6.07, 6.45) is 1.57. The Morgan fingerprint density at radius 2 is 2.08 bits per heavy atom. The van der Waals surface area contributed by atoms with E-state index < -0.39 is 5.41 Å². The number of aromatic nitrogens is 1. The van der Waals surface area contributed by atoms with Crippen molar-refractivity contribution in [2.24, 2.45) is 0 Å². The van der Waals surface area contributed by atoms with Gasteiger partial charge >= 0.3 is 0 Å². The normalized spacial score (nSPS) is 15.0. The molecule has 0 spiro atoms. The van der Waals surface area contributed by atoms with Gasteiger partial charge in [-0.15, -0.1) is 11.3 Å². The van der Waals surface area contributed by atoms with Gasteiger partial charge in [0.05, 0.1) is 23.1 Å². The zero-order valence-electron chi connectivity index (χ0n) is 13.1. The standard InChI is InChI=1S/C18H16N2O3S/c1-22-13-6-4-12(5-7-13)19-17(21)18(8-9-18)16-11-14(23-20-16)15-3-2-10-24-15/h2-7,10-11H,8-9H2,1H3,(H,19,21). The second-order valence-electron chi connectivity index (χ2n) is 5.82. The highest BCUT2D eigenvalue weighted by Crippen LogP contribution is 2.49. The van der Waals surface area contributed by atoms with Crippen LogP contribution >= 0.6 is 11.3 Å². The Hall–Kier alpha value is -2.60. The van der Waals surface area contributed by atoms with Crippen molar-refractivity contribution >= 4 is 22.9 Å². The number of hydrogen-bond donors (Lipinski definition) is 1. The van der Waals surface area contributed by atoms with E-state index in [0.717, 1.165) is 29.2 Å². The summed E-state index contributed by atoms with van der Waals surface area (Å²) < 4.78 is 10.6. The fraction of sp³-hybridized carbons (Fsp3) is 0.222. The summed E-state index contributed by atoms with van der Waals surface area (Å²) in [5.74, 6) is 1.42. The smallest absolute Gasteiger partial charge is 0.236 e. The molecule has 0 bridgehead atoms. The maximum Gasteiger partial charge on any atom is 0.236 e. The third-order valence-corrected chi connectivity index (χ3v) is 5.18. The van der Waals surface area contributed by atoms with Gasteiger partial charge in [0.25, 0.3) is 0 Å². The third kappa shape index (κ3) is 2.59. The average molecular weight is 340 g/mol. The van der Waals surface area contributed by atoms with Crippen LogP contribution in [0.4, 0.5) is 5.69 Å². The van der Waals surface area contributed by atoms with Crippen molar-refractivity contribution in [1.82, 2.24) is 5.16 Å². The van der Waals surface area contributed by atoms with Gasteiger partial charge in [0.2, 0.25) is 5.91 Å². The van der Waals surface area contributed by atoms with Crippen molar-refractivity contribution in [2.75, 3.05) is 12.4 Å². The van der Waals surface area contributed by atoms with Gasteiger partial charge in [-0.1, -0.05) is 11.2 Å². The monoisotopic (exact) mass is 340 g/mol.